The molecule has 0 atom stereocenters. The molecule has 0 saturated carbocycles. The van der Waals surface area contributed by atoms with Gasteiger partial charge in [-0.25, -0.2) is 0 Å². The first-order valence-electron chi connectivity index (χ1n) is 6.42. The van der Waals surface area contributed by atoms with E-state index in [1.165, 1.54) is 0 Å². The number of nitrogens with one attached hydrogen (secondary N) is 1. The zero-order valence-corrected chi connectivity index (χ0v) is 13.1. The molecule has 0 aromatic carbocycles. The highest BCUT2D eigenvalue weighted by atomic mass is 35.5. The molecule has 108 valence electrons. The van der Waals surface area contributed by atoms with E-state index in [2.05, 4.69) is 24.1 Å². The second kappa shape index (κ2) is 6.81. The average Bonchev–Trinajstić information content (AvgIpc) is 2.82. The lowest BCUT2D eigenvalue weighted by molar-refractivity contribution is 0.263. The summed E-state index contributed by atoms with van der Waals surface area (Å²) in [5.41, 5.74) is 6.41. The maximum absolute atomic E-state index is 5.90. The fourth-order valence-electron chi connectivity index (χ4n) is 1.54. The topological polar surface area (TPSA) is 60.2 Å². The Bertz CT molecular complexity index is 571. The fraction of sp³-hybridized carbons (Fsp3) is 0.357. The summed E-state index contributed by atoms with van der Waals surface area (Å²) in [7, 11) is 0. The van der Waals surface area contributed by atoms with Crippen molar-refractivity contribution in [2.24, 2.45) is 5.92 Å². The van der Waals surface area contributed by atoms with Crippen molar-refractivity contribution in [2.75, 3.05) is 17.7 Å². The number of hydrogen-bond acceptors (Lipinski definition) is 5. The summed E-state index contributed by atoms with van der Waals surface area (Å²) in [5.74, 6) is 1.65. The molecule has 0 aliphatic carbocycles. The van der Waals surface area contributed by atoms with E-state index in [1.807, 2.05) is 18.2 Å². The lowest BCUT2D eigenvalue weighted by Crippen LogP contribution is -2.09. The fourth-order valence-corrected chi connectivity index (χ4v) is 2.56. The van der Waals surface area contributed by atoms with Gasteiger partial charge in [-0.1, -0.05) is 25.4 Å². The van der Waals surface area contributed by atoms with E-state index in [1.54, 1.807) is 17.4 Å². The molecule has 6 heteroatoms. The number of thiophene rings is 1. The van der Waals surface area contributed by atoms with Crippen LogP contribution in [0.15, 0.2) is 24.3 Å². The third-order valence-corrected chi connectivity index (χ3v) is 3.75. The van der Waals surface area contributed by atoms with Gasteiger partial charge >= 0.3 is 0 Å². The van der Waals surface area contributed by atoms with Crippen LogP contribution in [0.5, 0.6) is 5.88 Å². The average molecular weight is 312 g/mol. The van der Waals surface area contributed by atoms with Gasteiger partial charge in [0.1, 0.15) is 5.82 Å². The Morgan fingerprint density at radius 3 is 2.80 bits per heavy atom. The van der Waals surface area contributed by atoms with Crippen LogP contribution in [0.25, 0.3) is 0 Å². The summed E-state index contributed by atoms with van der Waals surface area (Å²) in [6, 6.07) is 7.52. The van der Waals surface area contributed by atoms with Gasteiger partial charge in [0.15, 0.2) is 0 Å². The van der Waals surface area contributed by atoms with Crippen LogP contribution in [0.4, 0.5) is 11.5 Å². The molecule has 0 amide bonds. The number of halogens is 1. The van der Waals surface area contributed by atoms with Crippen LogP contribution in [0.3, 0.4) is 0 Å². The van der Waals surface area contributed by atoms with Crippen LogP contribution < -0.4 is 15.8 Å². The van der Waals surface area contributed by atoms with Crippen molar-refractivity contribution in [3.8, 4) is 5.88 Å². The number of nitrogens with zero attached hydrogens (tertiary/aromatic N) is 1. The van der Waals surface area contributed by atoms with Crippen molar-refractivity contribution < 1.29 is 4.74 Å². The number of anilines is 2. The predicted molar refractivity (Wildman–Crippen MR) is 85.6 cm³/mol. The first-order chi connectivity index (χ1) is 9.54. The van der Waals surface area contributed by atoms with Crippen LogP contribution in [-0.2, 0) is 6.54 Å². The quantitative estimate of drug-likeness (QED) is 0.845. The number of nitrogen functional groups attached to an aromatic ring is 1. The molecule has 0 radical (unpaired) electrons. The monoisotopic (exact) mass is 311 g/mol. The second-order valence-corrected chi connectivity index (χ2v) is 6.65. The van der Waals surface area contributed by atoms with Gasteiger partial charge in [0, 0.05) is 4.88 Å². The molecular weight excluding hydrogens is 294 g/mol. The van der Waals surface area contributed by atoms with Gasteiger partial charge in [0.2, 0.25) is 5.88 Å². The van der Waals surface area contributed by atoms with Crippen LogP contribution in [0, 0.1) is 5.92 Å². The van der Waals surface area contributed by atoms with E-state index < -0.39 is 0 Å². The zero-order valence-electron chi connectivity index (χ0n) is 11.5. The predicted octanol–water partition coefficient (Wildman–Crippen LogP) is 4.03. The summed E-state index contributed by atoms with van der Waals surface area (Å²) < 4.78 is 6.39. The highest BCUT2D eigenvalue weighted by Crippen LogP contribution is 2.24. The Morgan fingerprint density at radius 2 is 2.15 bits per heavy atom. The molecule has 0 saturated heterocycles. The van der Waals surface area contributed by atoms with Crippen LogP contribution in [0.1, 0.15) is 18.7 Å². The van der Waals surface area contributed by atoms with Gasteiger partial charge < -0.3 is 15.8 Å². The van der Waals surface area contributed by atoms with Crippen LogP contribution in [0.2, 0.25) is 4.34 Å². The molecular formula is C14H18ClN3OS. The standard InChI is InChI=1S/C14H18ClN3OS/c1-9(2)8-19-14-11(16)4-6-13(18-14)17-7-10-3-5-12(15)20-10/h3-6,9H,7-8,16H2,1-2H3,(H,17,18). The highest BCUT2D eigenvalue weighted by Gasteiger charge is 2.06. The van der Waals surface area contributed by atoms with Crippen molar-refractivity contribution in [2.45, 2.75) is 20.4 Å². The molecule has 0 aliphatic rings. The molecule has 3 N–H and O–H groups in total. The Balaban J connectivity index is 1.99. The maximum atomic E-state index is 5.90. The third kappa shape index (κ3) is 4.28. The zero-order chi connectivity index (χ0) is 14.5. The van der Waals surface area contributed by atoms with Crippen molar-refractivity contribution in [1.82, 2.24) is 4.98 Å². The largest absolute Gasteiger partial charge is 0.476 e. The first kappa shape index (κ1) is 14.9. The Kier molecular flexibility index (Phi) is 5.09. The van der Waals surface area contributed by atoms with E-state index >= 15 is 0 Å². The Hall–Kier alpha value is -1.46. The molecule has 2 aromatic rings. The smallest absolute Gasteiger partial charge is 0.239 e. The summed E-state index contributed by atoms with van der Waals surface area (Å²) in [5, 5.41) is 3.23. The molecule has 0 fully saturated rings. The maximum Gasteiger partial charge on any atom is 0.239 e. The van der Waals surface area contributed by atoms with Crippen molar-refractivity contribution in [3.63, 3.8) is 0 Å². The minimum atomic E-state index is 0.432. The highest BCUT2D eigenvalue weighted by molar-refractivity contribution is 7.16. The van der Waals surface area contributed by atoms with Gasteiger partial charge in [-0.2, -0.15) is 4.98 Å². The summed E-state index contributed by atoms with van der Waals surface area (Å²) in [4.78, 5) is 5.53. The van der Waals surface area contributed by atoms with Gasteiger partial charge in [0.05, 0.1) is 23.2 Å². The normalized spacial score (nSPS) is 10.8. The number of nitrogens with two attached hydrogens (primary N) is 1. The van der Waals surface area contributed by atoms with E-state index in [0.717, 1.165) is 15.0 Å². The molecule has 20 heavy (non-hydrogen) atoms. The molecule has 0 aliphatic heterocycles. The minimum absolute atomic E-state index is 0.432. The SMILES string of the molecule is CC(C)COc1nc(NCc2ccc(Cl)s2)ccc1N. The molecule has 4 nitrogen and oxygen atoms in total. The van der Waals surface area contributed by atoms with Gasteiger partial charge in [-0.3, -0.25) is 0 Å². The first-order valence-corrected chi connectivity index (χ1v) is 7.61. The van der Waals surface area contributed by atoms with E-state index in [4.69, 9.17) is 22.1 Å². The number of hydrogen-bond donors (Lipinski definition) is 2. The van der Waals surface area contributed by atoms with E-state index in [0.29, 0.717) is 30.6 Å². The second-order valence-electron chi connectivity index (χ2n) is 4.86. The lowest BCUT2D eigenvalue weighted by Gasteiger charge is -2.12. The van der Waals surface area contributed by atoms with Gasteiger partial charge in [0.25, 0.3) is 0 Å². The number of aromatic nitrogens is 1. The number of rotatable bonds is 6. The third-order valence-electron chi connectivity index (χ3n) is 2.52. The van der Waals surface area contributed by atoms with Crippen molar-refractivity contribution in [1.29, 1.82) is 0 Å². The van der Waals surface area contributed by atoms with E-state index in [-0.39, 0.29) is 0 Å². The molecule has 0 spiro atoms. The Labute approximate surface area is 127 Å². The van der Waals surface area contributed by atoms with Crippen LogP contribution >= 0.6 is 22.9 Å². The molecule has 2 rings (SSSR count). The summed E-state index contributed by atoms with van der Waals surface area (Å²) in [6.45, 7) is 5.44. The molecule has 2 aromatic heterocycles. The minimum Gasteiger partial charge on any atom is -0.476 e. The number of ether oxygens (including phenoxy) is 1. The van der Waals surface area contributed by atoms with Crippen molar-refractivity contribution in [3.05, 3.63) is 33.5 Å². The van der Waals surface area contributed by atoms with Gasteiger partial charge in [-0.15, -0.1) is 11.3 Å². The number of pyridine rings is 1. The molecule has 0 bridgehead atoms. The van der Waals surface area contributed by atoms with Gasteiger partial charge in [-0.05, 0) is 30.2 Å². The van der Waals surface area contributed by atoms with Crippen molar-refractivity contribution >= 4 is 34.4 Å². The van der Waals surface area contributed by atoms with E-state index in [9.17, 15) is 0 Å². The summed E-state index contributed by atoms with van der Waals surface area (Å²) in [6.07, 6.45) is 0. The van der Waals surface area contributed by atoms with Crippen LogP contribution in [-0.4, -0.2) is 11.6 Å². The lowest BCUT2D eigenvalue weighted by atomic mass is 10.2. The Morgan fingerprint density at radius 1 is 1.35 bits per heavy atom. The molecule has 0 unspecified atom stereocenters. The summed E-state index contributed by atoms with van der Waals surface area (Å²) >= 11 is 7.45. The molecule has 2 heterocycles.